The van der Waals surface area contributed by atoms with Crippen LogP contribution in [0.25, 0.3) is 0 Å². The first-order chi connectivity index (χ1) is 23.1. The zero-order chi connectivity index (χ0) is 35.7. The van der Waals surface area contributed by atoms with E-state index < -0.39 is 57.9 Å². The molecule has 49 heavy (non-hydrogen) atoms. The summed E-state index contributed by atoms with van der Waals surface area (Å²) in [7, 11) is 0. The van der Waals surface area contributed by atoms with Gasteiger partial charge in [-0.3, -0.25) is 24.1 Å². The Balaban J connectivity index is 1.29. The summed E-state index contributed by atoms with van der Waals surface area (Å²) in [6.45, 7) is 4.86. The van der Waals surface area contributed by atoms with E-state index in [2.05, 4.69) is 20.8 Å². The van der Waals surface area contributed by atoms with Gasteiger partial charge < -0.3 is 45.9 Å². The summed E-state index contributed by atoms with van der Waals surface area (Å²) in [5.74, 6) is -4.73. The van der Waals surface area contributed by atoms with E-state index in [-0.39, 0.29) is 34.4 Å². The van der Waals surface area contributed by atoms with E-state index in [0.29, 0.717) is 41.0 Å². The fourth-order valence-electron chi connectivity index (χ4n) is 5.79. The number of fused-ring (bicyclic) bond motifs is 1. The standard InChI is InChI=1S/C29H34N8O10S2/c1-29(2,27(44)45)47-34-19(17-14-49-28(30)32-17)23(40)33-20-24(41)36-21(26(42)43)16(13-48-25(20)36)12-37(8-3-4-9-37)10-7-31-22(39)15-5-6-18(38)35(46)11-15/h5-6,11,14,20,25,46H,3-4,7-10,12-13H2,1-2H3,(H5-,30,31,32,33,39,40,42,43,44,45)/b34-19-/t20-,25-/m1/s1. The SMILES string of the molecule is CC(C)(O/N=C(\C(=O)N[C@@H]1C(=O)N2C(C(=O)[O-])=C(C[N+]3(CCNC(=O)c4ccc(=O)n(O)c4)CCCC3)CS[C@H]12)c1csc(N)n1)C(=O)O. The number of quaternary nitrogens is 1. The van der Waals surface area contributed by atoms with Crippen LogP contribution in [0.15, 0.2) is 44.9 Å². The van der Waals surface area contributed by atoms with Crippen LogP contribution in [-0.2, 0) is 24.0 Å². The molecule has 5 rings (SSSR count). The van der Waals surface area contributed by atoms with Crippen molar-refractivity contribution in [2.75, 3.05) is 44.2 Å². The number of aliphatic carboxylic acids is 2. The summed E-state index contributed by atoms with van der Waals surface area (Å²) in [5, 5.41) is 41.2. The molecule has 0 radical (unpaired) electrons. The maximum Gasteiger partial charge on any atom is 0.350 e. The van der Waals surface area contributed by atoms with Gasteiger partial charge in [-0.05, 0) is 19.9 Å². The van der Waals surface area contributed by atoms with Crippen LogP contribution in [0, 0.1) is 0 Å². The van der Waals surface area contributed by atoms with E-state index in [1.165, 1.54) is 37.1 Å². The van der Waals surface area contributed by atoms with Crippen LogP contribution in [0.3, 0.4) is 0 Å². The molecule has 0 saturated carbocycles. The molecule has 18 nitrogen and oxygen atoms in total. The lowest BCUT2D eigenvalue weighted by atomic mass is 10.0. The first-order valence-electron chi connectivity index (χ1n) is 15.1. The molecular weight excluding hydrogens is 684 g/mol. The van der Waals surface area contributed by atoms with Crippen LogP contribution in [0.4, 0.5) is 5.13 Å². The minimum Gasteiger partial charge on any atom is -0.543 e. The predicted octanol–water partition coefficient (Wildman–Crippen LogP) is -1.85. The molecule has 2 saturated heterocycles. The fraction of sp³-hybridized carbons (Fsp3) is 0.448. The van der Waals surface area contributed by atoms with Crippen LogP contribution < -0.4 is 27.0 Å². The third-order valence-electron chi connectivity index (χ3n) is 8.45. The van der Waals surface area contributed by atoms with Crippen LogP contribution >= 0.6 is 23.1 Å². The molecule has 3 amide bonds. The summed E-state index contributed by atoms with van der Waals surface area (Å²) in [6.07, 6.45) is 2.78. The molecular formula is C29H34N8O10S2. The number of β-lactam (4-membered cyclic amide) rings is 1. The van der Waals surface area contributed by atoms with Crippen LogP contribution in [0.5, 0.6) is 0 Å². The minimum absolute atomic E-state index is 0.00746. The highest BCUT2D eigenvalue weighted by Crippen LogP contribution is 2.41. The first-order valence-corrected chi connectivity index (χ1v) is 17.0. The quantitative estimate of drug-likeness (QED) is 0.0502. The number of likely N-dealkylation sites (tertiary alicyclic amines) is 1. The summed E-state index contributed by atoms with van der Waals surface area (Å²) in [4.78, 5) is 85.0. The molecule has 2 fully saturated rings. The van der Waals surface area contributed by atoms with Crippen molar-refractivity contribution in [2.24, 2.45) is 5.16 Å². The molecule has 2 aromatic heterocycles. The van der Waals surface area contributed by atoms with Gasteiger partial charge in [0.05, 0.1) is 49.6 Å². The molecule has 0 bridgehead atoms. The van der Waals surface area contributed by atoms with Crippen LogP contribution in [0.2, 0.25) is 0 Å². The van der Waals surface area contributed by atoms with Crippen molar-refractivity contribution < 1.29 is 48.7 Å². The molecule has 3 aliphatic rings. The molecule has 0 unspecified atom stereocenters. The molecule has 20 heteroatoms. The number of hydrogen-bond acceptors (Lipinski definition) is 14. The lowest BCUT2D eigenvalue weighted by molar-refractivity contribution is -0.911. The average molecular weight is 719 g/mol. The summed E-state index contributed by atoms with van der Waals surface area (Å²) in [6, 6.07) is 1.23. The minimum atomic E-state index is -1.80. The number of anilines is 1. The number of aromatic nitrogens is 2. The highest BCUT2D eigenvalue weighted by Gasteiger charge is 2.54. The van der Waals surface area contributed by atoms with Gasteiger partial charge in [-0.25, -0.2) is 9.78 Å². The number of carbonyl (C=O) groups excluding carboxylic acids is 4. The van der Waals surface area contributed by atoms with Crippen molar-refractivity contribution in [3.05, 3.63) is 56.6 Å². The Bertz CT molecular complexity index is 1810. The Hall–Kier alpha value is -4.95. The van der Waals surface area contributed by atoms with Gasteiger partial charge in [0.1, 0.15) is 23.7 Å². The molecule has 262 valence electrons. The van der Waals surface area contributed by atoms with Crippen LogP contribution in [0.1, 0.15) is 42.7 Å². The third kappa shape index (κ3) is 7.39. The van der Waals surface area contributed by atoms with E-state index >= 15 is 0 Å². The number of hydrogen-bond donors (Lipinski definition) is 5. The lowest BCUT2D eigenvalue weighted by Crippen LogP contribution is -2.72. The second-order valence-corrected chi connectivity index (χ2v) is 14.2. The summed E-state index contributed by atoms with van der Waals surface area (Å²) < 4.78 is 0.780. The predicted molar refractivity (Wildman–Crippen MR) is 172 cm³/mol. The normalized spacial score (nSPS) is 20.3. The summed E-state index contributed by atoms with van der Waals surface area (Å²) >= 11 is 2.27. The van der Waals surface area contributed by atoms with Gasteiger partial charge in [-0.2, -0.15) is 4.73 Å². The number of nitrogens with zero attached hydrogens (tertiary/aromatic N) is 5. The number of nitrogens with two attached hydrogens (primary N) is 1. The molecule has 5 heterocycles. The van der Waals surface area contributed by atoms with Gasteiger partial charge in [-0.1, -0.05) is 5.16 Å². The van der Waals surface area contributed by atoms with E-state index in [0.717, 1.165) is 41.3 Å². The van der Waals surface area contributed by atoms with Gasteiger partial charge in [0, 0.05) is 35.6 Å². The van der Waals surface area contributed by atoms with E-state index in [4.69, 9.17) is 10.6 Å². The number of amides is 3. The number of pyridine rings is 1. The molecule has 0 spiro atoms. The molecule has 2 atom stereocenters. The summed E-state index contributed by atoms with van der Waals surface area (Å²) in [5.41, 5.74) is 3.13. The molecule has 6 N–H and O–H groups in total. The van der Waals surface area contributed by atoms with Crippen molar-refractivity contribution in [1.29, 1.82) is 0 Å². The van der Waals surface area contributed by atoms with Crippen molar-refractivity contribution >= 4 is 63.6 Å². The monoisotopic (exact) mass is 718 g/mol. The maximum absolute atomic E-state index is 13.4. The highest BCUT2D eigenvalue weighted by molar-refractivity contribution is 8.00. The molecule has 0 aromatic carbocycles. The fourth-order valence-corrected chi connectivity index (χ4v) is 7.68. The van der Waals surface area contributed by atoms with Gasteiger partial charge in [0.25, 0.3) is 23.3 Å². The third-order valence-corrected chi connectivity index (χ3v) is 10.5. The number of rotatable bonds is 13. The molecule has 3 aliphatic heterocycles. The number of carboxylic acid groups (broad SMARTS) is 2. The number of nitrogen functional groups attached to an aromatic ring is 1. The second kappa shape index (κ2) is 13.9. The number of thiazole rings is 1. The van der Waals surface area contributed by atoms with Gasteiger partial charge in [0.2, 0.25) is 5.60 Å². The van der Waals surface area contributed by atoms with Crippen molar-refractivity contribution in [3.63, 3.8) is 0 Å². The Kier molecular flexibility index (Phi) is 10.0. The van der Waals surface area contributed by atoms with Gasteiger partial charge in [-0.15, -0.1) is 23.1 Å². The smallest absolute Gasteiger partial charge is 0.350 e. The van der Waals surface area contributed by atoms with Gasteiger partial charge >= 0.3 is 5.97 Å². The lowest BCUT2D eigenvalue weighted by Gasteiger charge is -2.51. The number of oxime groups is 1. The van der Waals surface area contributed by atoms with E-state index in [1.54, 1.807) is 0 Å². The number of carboxylic acids is 2. The zero-order valence-electron chi connectivity index (χ0n) is 26.4. The van der Waals surface area contributed by atoms with Crippen molar-refractivity contribution in [3.8, 4) is 0 Å². The topological polar surface area (TPSA) is 259 Å². The van der Waals surface area contributed by atoms with Crippen LogP contribution in [-0.4, -0.2) is 120 Å². The maximum atomic E-state index is 13.4. The van der Waals surface area contributed by atoms with Crippen molar-refractivity contribution in [1.82, 2.24) is 25.2 Å². The Morgan fingerprint density at radius 3 is 2.55 bits per heavy atom. The largest absolute Gasteiger partial charge is 0.543 e. The van der Waals surface area contributed by atoms with E-state index in [9.17, 15) is 44.2 Å². The number of thioether (sulfide) groups is 1. The van der Waals surface area contributed by atoms with Crippen molar-refractivity contribution in [2.45, 2.75) is 43.7 Å². The second-order valence-electron chi connectivity index (χ2n) is 12.3. The highest BCUT2D eigenvalue weighted by atomic mass is 32.2. The first kappa shape index (κ1) is 35.4. The number of nitrogens with one attached hydrogen (secondary N) is 2. The molecule has 0 aliphatic carbocycles. The Morgan fingerprint density at radius 2 is 1.94 bits per heavy atom. The van der Waals surface area contributed by atoms with Gasteiger partial charge in [0.15, 0.2) is 10.8 Å². The Labute approximate surface area is 286 Å². The van der Waals surface area contributed by atoms with E-state index in [1.807, 2.05) is 0 Å². The number of carbonyl (C=O) groups is 5. The molecule has 2 aromatic rings. The zero-order valence-corrected chi connectivity index (χ0v) is 28.0. The Morgan fingerprint density at radius 1 is 1.22 bits per heavy atom. The average Bonchev–Trinajstić information content (AvgIpc) is 3.69.